The Kier molecular flexibility index (Phi) is 4.39. The Morgan fingerprint density at radius 1 is 1.36 bits per heavy atom. The highest BCUT2D eigenvalue weighted by Gasteiger charge is 2.25. The van der Waals surface area contributed by atoms with Crippen molar-refractivity contribution >= 4 is 21.9 Å². The fraction of sp³-hybridized carbons (Fsp3) is 0.545. The molecule has 0 aromatic rings. The van der Waals surface area contributed by atoms with Gasteiger partial charge in [0.15, 0.2) is 0 Å². The number of cyclic esters (lactones) is 1. The lowest BCUT2D eigenvalue weighted by molar-refractivity contribution is -0.132. The molecular formula is C11H15BrO2. The predicted octanol–water partition coefficient (Wildman–Crippen LogP) is 3.68. The van der Waals surface area contributed by atoms with Crippen LogP contribution in [-0.2, 0) is 9.53 Å². The molecule has 0 aliphatic carbocycles. The first-order chi connectivity index (χ1) is 6.66. The molecule has 2 nitrogen and oxygen atoms in total. The van der Waals surface area contributed by atoms with Crippen LogP contribution in [0.1, 0.15) is 39.0 Å². The zero-order valence-electron chi connectivity index (χ0n) is 8.44. The van der Waals surface area contributed by atoms with Gasteiger partial charge in [-0.05, 0) is 28.8 Å². The van der Waals surface area contributed by atoms with Crippen molar-refractivity contribution in [3.05, 3.63) is 22.4 Å². The number of halogens is 1. The summed E-state index contributed by atoms with van der Waals surface area (Å²) >= 11 is 3.22. The van der Waals surface area contributed by atoms with Crippen molar-refractivity contribution in [3.63, 3.8) is 0 Å². The lowest BCUT2D eigenvalue weighted by Crippen LogP contribution is -1.91. The van der Waals surface area contributed by atoms with Gasteiger partial charge in [-0.25, -0.2) is 4.79 Å². The molecule has 78 valence electrons. The second-order valence-corrected chi connectivity index (χ2v) is 4.21. The van der Waals surface area contributed by atoms with Crippen LogP contribution in [0.25, 0.3) is 0 Å². The van der Waals surface area contributed by atoms with Gasteiger partial charge in [-0.2, -0.15) is 0 Å². The molecule has 0 amide bonds. The summed E-state index contributed by atoms with van der Waals surface area (Å²) in [5.41, 5.74) is 0.936. The van der Waals surface area contributed by atoms with Crippen LogP contribution in [0.15, 0.2) is 22.4 Å². The highest BCUT2D eigenvalue weighted by Crippen LogP contribution is 2.32. The maximum Gasteiger partial charge on any atom is 0.351 e. The van der Waals surface area contributed by atoms with E-state index in [0.717, 1.165) is 18.4 Å². The standard InChI is InChI=1S/C11H15BrO2/c1-3-4-5-6-7-9-8(2)14-11(13)10(9)12/h2-7H2,1H3. The van der Waals surface area contributed by atoms with Crippen LogP contribution < -0.4 is 0 Å². The third-order valence-electron chi connectivity index (χ3n) is 2.28. The second-order valence-electron chi connectivity index (χ2n) is 3.42. The first-order valence-corrected chi connectivity index (χ1v) is 5.76. The highest BCUT2D eigenvalue weighted by molar-refractivity contribution is 9.12. The summed E-state index contributed by atoms with van der Waals surface area (Å²) in [6.45, 7) is 5.88. The summed E-state index contributed by atoms with van der Waals surface area (Å²) in [6.07, 6.45) is 5.63. The van der Waals surface area contributed by atoms with Gasteiger partial charge < -0.3 is 4.74 Å². The fourth-order valence-corrected chi connectivity index (χ4v) is 1.94. The van der Waals surface area contributed by atoms with Gasteiger partial charge in [-0.1, -0.05) is 32.8 Å². The summed E-state index contributed by atoms with van der Waals surface area (Å²) in [5, 5.41) is 0. The van der Waals surface area contributed by atoms with E-state index < -0.39 is 0 Å². The summed E-state index contributed by atoms with van der Waals surface area (Å²) in [6, 6.07) is 0. The molecule has 0 aromatic carbocycles. The number of ether oxygens (including phenoxy) is 1. The number of carbonyl (C=O) groups is 1. The molecule has 0 N–H and O–H groups in total. The summed E-state index contributed by atoms with van der Waals surface area (Å²) < 4.78 is 5.44. The average Bonchev–Trinajstić information content (AvgIpc) is 2.38. The largest absolute Gasteiger partial charge is 0.423 e. The van der Waals surface area contributed by atoms with Crippen LogP contribution in [0.5, 0.6) is 0 Å². The Hall–Kier alpha value is -0.570. The molecular weight excluding hydrogens is 244 g/mol. The van der Waals surface area contributed by atoms with E-state index in [9.17, 15) is 4.79 Å². The molecule has 1 rings (SSSR count). The van der Waals surface area contributed by atoms with E-state index in [-0.39, 0.29) is 5.97 Å². The normalized spacial score (nSPS) is 16.4. The average molecular weight is 259 g/mol. The number of unbranched alkanes of at least 4 members (excludes halogenated alkanes) is 3. The first-order valence-electron chi connectivity index (χ1n) is 4.97. The minimum absolute atomic E-state index is 0.305. The SMILES string of the molecule is C=C1OC(=O)C(Br)=C1CCCCCC. The smallest absolute Gasteiger partial charge is 0.351 e. The second kappa shape index (κ2) is 5.35. The number of carbonyl (C=O) groups excluding carboxylic acids is 1. The third kappa shape index (κ3) is 2.71. The summed E-state index contributed by atoms with van der Waals surface area (Å²) in [4.78, 5) is 11.1. The Morgan fingerprint density at radius 3 is 2.57 bits per heavy atom. The van der Waals surface area contributed by atoms with Crippen LogP contribution in [0.2, 0.25) is 0 Å². The zero-order valence-corrected chi connectivity index (χ0v) is 10.0. The molecule has 3 heteroatoms. The van der Waals surface area contributed by atoms with Crippen LogP contribution >= 0.6 is 15.9 Å². The lowest BCUT2D eigenvalue weighted by Gasteiger charge is -2.01. The quantitative estimate of drug-likeness (QED) is 0.556. The number of esters is 1. The Balaban J connectivity index is 2.43. The summed E-state index contributed by atoms with van der Waals surface area (Å²) in [7, 11) is 0. The van der Waals surface area contributed by atoms with Gasteiger partial charge in [-0.3, -0.25) is 0 Å². The van der Waals surface area contributed by atoms with Crippen LogP contribution in [0.3, 0.4) is 0 Å². The van der Waals surface area contributed by atoms with Gasteiger partial charge in [0.25, 0.3) is 0 Å². The van der Waals surface area contributed by atoms with Crippen molar-refractivity contribution in [2.75, 3.05) is 0 Å². The van der Waals surface area contributed by atoms with E-state index in [1.54, 1.807) is 0 Å². The Labute approximate surface area is 93.1 Å². The van der Waals surface area contributed by atoms with Crippen molar-refractivity contribution in [1.29, 1.82) is 0 Å². The summed E-state index contributed by atoms with van der Waals surface area (Å²) in [5.74, 6) is 0.207. The molecule has 0 aromatic heterocycles. The van der Waals surface area contributed by atoms with Gasteiger partial charge >= 0.3 is 5.97 Å². The zero-order chi connectivity index (χ0) is 10.6. The van der Waals surface area contributed by atoms with Crippen LogP contribution in [0.4, 0.5) is 0 Å². The van der Waals surface area contributed by atoms with E-state index in [1.807, 2.05) is 0 Å². The first kappa shape index (κ1) is 11.5. The van der Waals surface area contributed by atoms with Gasteiger partial charge in [-0.15, -0.1) is 0 Å². The minimum atomic E-state index is -0.305. The minimum Gasteiger partial charge on any atom is -0.423 e. The highest BCUT2D eigenvalue weighted by atomic mass is 79.9. The van der Waals surface area contributed by atoms with Crippen molar-refractivity contribution in [2.45, 2.75) is 39.0 Å². The van der Waals surface area contributed by atoms with Crippen molar-refractivity contribution < 1.29 is 9.53 Å². The number of allylic oxidation sites excluding steroid dienone is 1. The number of hydrogen-bond acceptors (Lipinski definition) is 2. The molecule has 0 unspecified atom stereocenters. The van der Waals surface area contributed by atoms with Gasteiger partial charge in [0.1, 0.15) is 10.2 Å². The van der Waals surface area contributed by atoms with Gasteiger partial charge in [0.2, 0.25) is 0 Å². The van der Waals surface area contributed by atoms with E-state index in [1.165, 1.54) is 19.3 Å². The third-order valence-corrected chi connectivity index (χ3v) is 3.08. The molecule has 0 bridgehead atoms. The van der Waals surface area contributed by atoms with Crippen molar-refractivity contribution in [3.8, 4) is 0 Å². The monoisotopic (exact) mass is 258 g/mol. The molecule has 14 heavy (non-hydrogen) atoms. The topological polar surface area (TPSA) is 26.3 Å². The van der Waals surface area contributed by atoms with Gasteiger partial charge in [0.05, 0.1) is 0 Å². The van der Waals surface area contributed by atoms with E-state index in [4.69, 9.17) is 4.74 Å². The molecule has 0 atom stereocenters. The molecule has 1 aliphatic rings. The van der Waals surface area contributed by atoms with Crippen molar-refractivity contribution in [1.82, 2.24) is 0 Å². The maximum atomic E-state index is 11.1. The van der Waals surface area contributed by atoms with E-state index >= 15 is 0 Å². The fourth-order valence-electron chi connectivity index (χ4n) is 1.44. The molecule has 1 aliphatic heterocycles. The van der Waals surface area contributed by atoms with E-state index in [0.29, 0.717) is 10.2 Å². The maximum absolute atomic E-state index is 11.1. The molecule has 1 heterocycles. The number of rotatable bonds is 5. The Morgan fingerprint density at radius 2 is 2.07 bits per heavy atom. The Bertz CT molecular complexity index is 279. The predicted molar refractivity (Wildman–Crippen MR) is 59.9 cm³/mol. The number of hydrogen-bond donors (Lipinski definition) is 0. The molecule has 0 saturated carbocycles. The van der Waals surface area contributed by atoms with E-state index in [2.05, 4.69) is 29.4 Å². The molecule has 0 radical (unpaired) electrons. The van der Waals surface area contributed by atoms with Crippen molar-refractivity contribution in [2.24, 2.45) is 0 Å². The van der Waals surface area contributed by atoms with Crippen LogP contribution in [0, 0.1) is 0 Å². The molecule has 0 spiro atoms. The molecule has 0 fully saturated rings. The van der Waals surface area contributed by atoms with Crippen LogP contribution in [-0.4, -0.2) is 5.97 Å². The lowest BCUT2D eigenvalue weighted by atomic mass is 10.1. The molecule has 0 saturated heterocycles. The van der Waals surface area contributed by atoms with Gasteiger partial charge in [0, 0.05) is 5.57 Å².